The molecule has 1 saturated heterocycles. The summed E-state index contributed by atoms with van der Waals surface area (Å²) in [6.07, 6.45) is 4.55. The van der Waals surface area contributed by atoms with E-state index in [0.29, 0.717) is 13.1 Å². The Morgan fingerprint density at radius 2 is 2.21 bits per heavy atom. The Kier molecular flexibility index (Phi) is 4.49. The Balaban J connectivity index is 1.80. The summed E-state index contributed by atoms with van der Waals surface area (Å²) < 4.78 is 1.56. The molecule has 1 unspecified atom stereocenters. The normalized spacial score (nSPS) is 19.5. The van der Waals surface area contributed by atoms with E-state index >= 15 is 0 Å². The first kappa shape index (κ1) is 14.0. The van der Waals surface area contributed by atoms with Crippen molar-refractivity contribution in [2.24, 2.45) is 5.92 Å². The number of hydrogen-bond donors (Lipinski definition) is 1. The van der Waals surface area contributed by atoms with Gasteiger partial charge in [0.25, 0.3) is 0 Å². The van der Waals surface area contributed by atoms with Crippen LogP contribution in [0.2, 0.25) is 0 Å². The predicted molar refractivity (Wildman–Crippen MR) is 69.7 cm³/mol. The van der Waals surface area contributed by atoms with Gasteiger partial charge in [0.2, 0.25) is 6.33 Å². The molecule has 0 bridgehead atoms. The maximum atomic E-state index is 10.5. The molecule has 1 aromatic heterocycles. The molecule has 0 aromatic carbocycles. The molecule has 1 N–H and O–H groups in total. The lowest BCUT2D eigenvalue weighted by Gasteiger charge is -2.31. The van der Waals surface area contributed by atoms with E-state index < -0.39 is 11.0 Å². The third-order valence-corrected chi connectivity index (χ3v) is 3.57. The molecule has 7 heteroatoms. The molecular weight excluding hydrogens is 248 g/mol. The number of nitrogens with zero attached hydrogens (tertiary/aromatic N) is 4. The second kappa shape index (κ2) is 6.12. The van der Waals surface area contributed by atoms with Gasteiger partial charge in [0, 0.05) is 6.54 Å². The fraction of sp³-hybridized carbons (Fsp3) is 0.750. The third-order valence-electron chi connectivity index (χ3n) is 3.57. The van der Waals surface area contributed by atoms with Crippen LogP contribution in [0.15, 0.2) is 12.5 Å². The Bertz CT molecular complexity index is 426. The van der Waals surface area contributed by atoms with Crippen molar-refractivity contribution >= 4 is 5.82 Å². The summed E-state index contributed by atoms with van der Waals surface area (Å²) in [5.41, 5.74) is 0. The first-order chi connectivity index (χ1) is 9.04. The van der Waals surface area contributed by atoms with Crippen molar-refractivity contribution in [1.82, 2.24) is 14.5 Å². The second-order valence-electron chi connectivity index (χ2n) is 5.32. The molecule has 0 amide bonds. The molecule has 0 radical (unpaired) electrons. The lowest BCUT2D eigenvalue weighted by Crippen LogP contribution is -2.39. The quantitative estimate of drug-likeness (QED) is 0.633. The van der Waals surface area contributed by atoms with Crippen molar-refractivity contribution in [1.29, 1.82) is 0 Å². The van der Waals surface area contributed by atoms with Crippen molar-refractivity contribution in [3.63, 3.8) is 0 Å². The third kappa shape index (κ3) is 4.00. The number of imidazole rings is 1. The number of aliphatic hydroxyl groups excluding tert-OH is 1. The molecule has 0 aliphatic carbocycles. The SMILES string of the molecule is CC1CCN(CC(O)Cn2cnc([N+](=O)[O-])c2)CC1. The van der Waals surface area contributed by atoms with Gasteiger partial charge in [-0.3, -0.25) is 0 Å². The lowest BCUT2D eigenvalue weighted by atomic mass is 9.99. The van der Waals surface area contributed by atoms with Gasteiger partial charge in [0.1, 0.15) is 6.20 Å². The van der Waals surface area contributed by atoms with Gasteiger partial charge in [0.15, 0.2) is 0 Å². The average Bonchev–Trinajstić information content (AvgIpc) is 2.80. The number of likely N-dealkylation sites (tertiary alicyclic amines) is 1. The Morgan fingerprint density at radius 3 is 2.79 bits per heavy atom. The minimum absolute atomic E-state index is 0.181. The zero-order valence-electron chi connectivity index (χ0n) is 11.1. The molecule has 1 atom stereocenters. The molecule has 1 aromatic rings. The molecule has 1 fully saturated rings. The summed E-state index contributed by atoms with van der Waals surface area (Å²) in [7, 11) is 0. The zero-order valence-corrected chi connectivity index (χ0v) is 11.1. The van der Waals surface area contributed by atoms with Crippen LogP contribution in [0.25, 0.3) is 0 Å². The van der Waals surface area contributed by atoms with Gasteiger partial charge in [-0.1, -0.05) is 6.92 Å². The van der Waals surface area contributed by atoms with Crippen LogP contribution in [0.5, 0.6) is 0 Å². The topological polar surface area (TPSA) is 84.4 Å². The van der Waals surface area contributed by atoms with E-state index in [-0.39, 0.29) is 5.82 Å². The highest BCUT2D eigenvalue weighted by atomic mass is 16.6. The Labute approximate surface area is 112 Å². The van der Waals surface area contributed by atoms with E-state index in [4.69, 9.17) is 0 Å². The number of rotatable bonds is 5. The zero-order chi connectivity index (χ0) is 13.8. The smallest absolute Gasteiger partial charge is 0.381 e. The number of piperidine rings is 1. The number of aliphatic hydroxyl groups is 1. The van der Waals surface area contributed by atoms with Gasteiger partial charge in [-0.05, 0) is 41.8 Å². The standard InChI is InChI=1S/C12H20N4O3/c1-10-2-4-14(5-3-10)6-11(17)7-15-8-12(13-9-15)16(18)19/h8-11,17H,2-7H2,1H3. The van der Waals surface area contributed by atoms with Gasteiger partial charge in [-0.15, -0.1) is 0 Å². The van der Waals surface area contributed by atoms with Crippen LogP contribution in [0.3, 0.4) is 0 Å². The van der Waals surface area contributed by atoms with Crippen molar-refractivity contribution in [3.8, 4) is 0 Å². The highest BCUT2D eigenvalue weighted by molar-refractivity contribution is 5.12. The molecule has 0 spiro atoms. The van der Waals surface area contributed by atoms with Crippen LogP contribution >= 0.6 is 0 Å². The molecule has 1 aliphatic heterocycles. The van der Waals surface area contributed by atoms with Crippen LogP contribution < -0.4 is 0 Å². The van der Waals surface area contributed by atoms with Gasteiger partial charge < -0.3 is 24.7 Å². The number of aromatic nitrogens is 2. The van der Waals surface area contributed by atoms with E-state index in [2.05, 4.69) is 16.8 Å². The van der Waals surface area contributed by atoms with Gasteiger partial charge in [-0.2, -0.15) is 0 Å². The summed E-state index contributed by atoms with van der Waals surface area (Å²) >= 11 is 0. The molecule has 2 rings (SSSR count). The van der Waals surface area contributed by atoms with Gasteiger partial charge >= 0.3 is 5.82 Å². The highest BCUT2D eigenvalue weighted by Gasteiger charge is 2.19. The van der Waals surface area contributed by atoms with Crippen LogP contribution in [-0.4, -0.2) is 50.2 Å². The van der Waals surface area contributed by atoms with E-state index in [1.165, 1.54) is 25.4 Å². The fourth-order valence-electron chi connectivity index (χ4n) is 2.39. The largest absolute Gasteiger partial charge is 0.390 e. The second-order valence-corrected chi connectivity index (χ2v) is 5.32. The van der Waals surface area contributed by atoms with Crippen LogP contribution in [0.4, 0.5) is 5.82 Å². The minimum atomic E-state index is -0.533. The van der Waals surface area contributed by atoms with E-state index in [1.807, 2.05) is 0 Å². The first-order valence-corrected chi connectivity index (χ1v) is 6.61. The van der Waals surface area contributed by atoms with Crippen molar-refractivity contribution in [2.75, 3.05) is 19.6 Å². The number of hydrogen-bond acceptors (Lipinski definition) is 5. The number of β-amino-alcohol motifs (C(OH)–C–C–N with tert-alkyl or cyclic N) is 1. The molecule has 0 saturated carbocycles. The molecular formula is C12H20N4O3. The average molecular weight is 268 g/mol. The van der Waals surface area contributed by atoms with Crippen molar-refractivity contribution in [2.45, 2.75) is 32.4 Å². The van der Waals surface area contributed by atoms with Gasteiger partial charge in [0.05, 0.1) is 12.6 Å². The maximum Gasteiger partial charge on any atom is 0.381 e. The molecule has 19 heavy (non-hydrogen) atoms. The van der Waals surface area contributed by atoms with Gasteiger partial charge in [-0.25, -0.2) is 0 Å². The van der Waals surface area contributed by atoms with E-state index in [0.717, 1.165) is 19.0 Å². The Hall–Kier alpha value is -1.47. The molecule has 2 heterocycles. The summed E-state index contributed by atoms with van der Waals surface area (Å²) in [6, 6.07) is 0. The highest BCUT2D eigenvalue weighted by Crippen LogP contribution is 2.16. The summed E-state index contributed by atoms with van der Waals surface area (Å²) in [4.78, 5) is 15.9. The van der Waals surface area contributed by atoms with Crippen LogP contribution in [0.1, 0.15) is 19.8 Å². The van der Waals surface area contributed by atoms with Crippen molar-refractivity contribution < 1.29 is 10.0 Å². The van der Waals surface area contributed by atoms with E-state index in [1.54, 1.807) is 4.57 Å². The maximum absolute atomic E-state index is 10.5. The van der Waals surface area contributed by atoms with Crippen LogP contribution in [-0.2, 0) is 6.54 Å². The predicted octanol–water partition coefficient (Wildman–Crippen LogP) is 0.884. The summed E-state index contributed by atoms with van der Waals surface area (Å²) in [5.74, 6) is 0.587. The molecule has 7 nitrogen and oxygen atoms in total. The summed E-state index contributed by atoms with van der Waals surface area (Å²) in [5, 5.41) is 20.5. The van der Waals surface area contributed by atoms with Crippen molar-refractivity contribution in [3.05, 3.63) is 22.6 Å². The number of nitro groups is 1. The lowest BCUT2D eigenvalue weighted by molar-refractivity contribution is -0.389. The molecule has 1 aliphatic rings. The monoisotopic (exact) mass is 268 g/mol. The summed E-state index contributed by atoms with van der Waals surface area (Å²) in [6.45, 7) is 5.23. The first-order valence-electron chi connectivity index (χ1n) is 6.61. The fourth-order valence-corrected chi connectivity index (χ4v) is 2.39. The van der Waals surface area contributed by atoms with Crippen LogP contribution in [0, 0.1) is 16.0 Å². The minimum Gasteiger partial charge on any atom is -0.390 e. The Morgan fingerprint density at radius 1 is 1.53 bits per heavy atom. The van der Waals surface area contributed by atoms with E-state index in [9.17, 15) is 15.2 Å². The molecule has 106 valence electrons.